The summed E-state index contributed by atoms with van der Waals surface area (Å²) < 4.78 is 6.57. The van der Waals surface area contributed by atoms with Gasteiger partial charge in [-0.25, -0.2) is 9.48 Å². The number of amides is 1. The SMILES string of the molecule is COc1ccc([N+](=O)[O-])cc1-n1cc(C2CCCN2C(=O)O)nn1. The number of rotatable bonds is 4. The number of carboxylic acid groups (broad SMARTS) is 1. The Bertz CT molecular complexity index is 790. The number of nitrogens with zero attached hydrogens (tertiary/aromatic N) is 5. The molecule has 2 heterocycles. The largest absolute Gasteiger partial charge is 0.494 e. The molecule has 10 nitrogen and oxygen atoms in total. The molecule has 1 fully saturated rings. The molecule has 24 heavy (non-hydrogen) atoms. The molecular weight excluding hydrogens is 318 g/mol. The van der Waals surface area contributed by atoms with E-state index in [9.17, 15) is 20.0 Å². The van der Waals surface area contributed by atoms with Gasteiger partial charge in [-0.15, -0.1) is 5.10 Å². The zero-order valence-corrected chi connectivity index (χ0v) is 12.8. The van der Waals surface area contributed by atoms with Gasteiger partial charge in [0, 0.05) is 18.7 Å². The highest BCUT2D eigenvalue weighted by Crippen LogP contribution is 2.32. The molecular formula is C14H15N5O5. The van der Waals surface area contributed by atoms with Gasteiger partial charge in [0.15, 0.2) is 0 Å². The fourth-order valence-corrected chi connectivity index (χ4v) is 2.82. The van der Waals surface area contributed by atoms with Crippen molar-refractivity contribution < 1.29 is 19.6 Å². The van der Waals surface area contributed by atoms with Crippen molar-refractivity contribution in [3.05, 3.63) is 40.2 Å². The Hall–Kier alpha value is -3.17. The van der Waals surface area contributed by atoms with Crippen molar-refractivity contribution in [2.24, 2.45) is 0 Å². The van der Waals surface area contributed by atoms with Crippen LogP contribution in [0, 0.1) is 10.1 Å². The van der Waals surface area contributed by atoms with Crippen LogP contribution in [0.5, 0.6) is 5.75 Å². The number of hydrogen-bond donors (Lipinski definition) is 1. The number of aromatic nitrogens is 3. The molecule has 1 unspecified atom stereocenters. The lowest BCUT2D eigenvalue weighted by atomic mass is 10.1. The molecule has 1 aromatic carbocycles. The average Bonchev–Trinajstić information content (AvgIpc) is 3.22. The van der Waals surface area contributed by atoms with Crippen LogP contribution < -0.4 is 4.74 Å². The van der Waals surface area contributed by atoms with Crippen LogP contribution >= 0.6 is 0 Å². The number of methoxy groups -OCH3 is 1. The molecule has 0 spiro atoms. The van der Waals surface area contributed by atoms with Crippen molar-refractivity contribution in [1.82, 2.24) is 19.9 Å². The van der Waals surface area contributed by atoms with E-state index in [1.54, 1.807) is 6.20 Å². The Morgan fingerprint density at radius 1 is 1.50 bits per heavy atom. The van der Waals surface area contributed by atoms with E-state index in [4.69, 9.17) is 4.74 Å². The van der Waals surface area contributed by atoms with Crippen LogP contribution in [-0.2, 0) is 0 Å². The molecule has 1 amide bonds. The molecule has 1 aliphatic rings. The van der Waals surface area contributed by atoms with Crippen molar-refractivity contribution in [2.75, 3.05) is 13.7 Å². The monoisotopic (exact) mass is 333 g/mol. The number of benzene rings is 1. The van der Waals surface area contributed by atoms with Crippen LogP contribution in [0.1, 0.15) is 24.6 Å². The molecule has 1 aromatic heterocycles. The standard InChI is InChI=1S/C14H15N5O5/c1-24-13-5-4-9(19(22)23)7-12(13)18-8-10(15-16-18)11-3-2-6-17(11)14(20)21/h4-5,7-8,11H,2-3,6H2,1H3,(H,20,21). The topological polar surface area (TPSA) is 124 Å². The number of non-ortho nitro benzene ring substituents is 1. The van der Waals surface area contributed by atoms with Gasteiger partial charge in [0.1, 0.15) is 17.1 Å². The van der Waals surface area contributed by atoms with E-state index >= 15 is 0 Å². The third kappa shape index (κ3) is 2.73. The molecule has 1 atom stereocenters. The van der Waals surface area contributed by atoms with E-state index in [1.165, 1.54) is 34.9 Å². The summed E-state index contributed by atoms with van der Waals surface area (Å²) in [5.41, 5.74) is 0.768. The van der Waals surface area contributed by atoms with Gasteiger partial charge in [-0.2, -0.15) is 0 Å². The van der Waals surface area contributed by atoms with Gasteiger partial charge in [-0.1, -0.05) is 5.21 Å². The highest BCUT2D eigenvalue weighted by Gasteiger charge is 2.32. The van der Waals surface area contributed by atoms with Gasteiger partial charge in [0.2, 0.25) is 0 Å². The number of carbonyl (C=O) groups is 1. The summed E-state index contributed by atoms with van der Waals surface area (Å²) in [6, 6.07) is 3.79. The Morgan fingerprint density at radius 3 is 2.96 bits per heavy atom. The summed E-state index contributed by atoms with van der Waals surface area (Å²) in [5, 5.41) is 28.2. The maximum atomic E-state index is 11.3. The van der Waals surface area contributed by atoms with E-state index in [-0.39, 0.29) is 11.7 Å². The summed E-state index contributed by atoms with van der Waals surface area (Å²) in [7, 11) is 1.45. The number of nitro benzene ring substituents is 1. The normalized spacial score (nSPS) is 17.0. The van der Waals surface area contributed by atoms with Gasteiger partial charge in [0.25, 0.3) is 5.69 Å². The Balaban J connectivity index is 1.97. The highest BCUT2D eigenvalue weighted by atomic mass is 16.6. The van der Waals surface area contributed by atoms with Crippen LogP contribution in [0.4, 0.5) is 10.5 Å². The maximum Gasteiger partial charge on any atom is 0.407 e. The van der Waals surface area contributed by atoms with Crippen LogP contribution in [0.3, 0.4) is 0 Å². The molecule has 2 aromatic rings. The van der Waals surface area contributed by atoms with Crippen LogP contribution in [0.2, 0.25) is 0 Å². The number of hydrogen-bond acceptors (Lipinski definition) is 6. The Labute approximate surface area is 136 Å². The first-order valence-corrected chi connectivity index (χ1v) is 7.26. The fraction of sp³-hybridized carbons (Fsp3) is 0.357. The minimum atomic E-state index is -1.00. The zero-order valence-electron chi connectivity index (χ0n) is 12.8. The van der Waals surface area contributed by atoms with Gasteiger partial charge in [-0.3, -0.25) is 15.0 Å². The van der Waals surface area contributed by atoms with Crippen LogP contribution in [0.25, 0.3) is 5.69 Å². The smallest absolute Gasteiger partial charge is 0.407 e. The molecule has 0 aliphatic carbocycles. The van der Waals surface area contributed by atoms with Gasteiger partial charge >= 0.3 is 6.09 Å². The minimum Gasteiger partial charge on any atom is -0.494 e. The molecule has 1 saturated heterocycles. The van der Waals surface area contributed by atoms with Crippen molar-refractivity contribution in [3.8, 4) is 11.4 Å². The molecule has 10 heteroatoms. The molecule has 126 valence electrons. The van der Waals surface area contributed by atoms with Crippen molar-refractivity contribution in [1.29, 1.82) is 0 Å². The van der Waals surface area contributed by atoms with E-state index in [0.29, 0.717) is 30.1 Å². The lowest BCUT2D eigenvalue weighted by Crippen LogP contribution is -2.28. The molecule has 0 radical (unpaired) electrons. The Kier molecular flexibility index (Phi) is 4.02. The fourth-order valence-electron chi connectivity index (χ4n) is 2.82. The van der Waals surface area contributed by atoms with Crippen molar-refractivity contribution in [2.45, 2.75) is 18.9 Å². The van der Waals surface area contributed by atoms with E-state index in [0.717, 1.165) is 6.42 Å². The second kappa shape index (κ2) is 6.14. The second-order valence-electron chi connectivity index (χ2n) is 5.34. The average molecular weight is 333 g/mol. The molecule has 0 bridgehead atoms. The quantitative estimate of drug-likeness (QED) is 0.670. The van der Waals surface area contributed by atoms with Gasteiger partial charge in [0.05, 0.1) is 24.3 Å². The number of nitro groups is 1. The predicted molar refractivity (Wildman–Crippen MR) is 81.3 cm³/mol. The predicted octanol–water partition coefficient (Wildman–Crippen LogP) is 2.00. The van der Waals surface area contributed by atoms with Crippen LogP contribution in [0.15, 0.2) is 24.4 Å². The third-order valence-corrected chi connectivity index (χ3v) is 3.97. The Morgan fingerprint density at radius 2 is 2.29 bits per heavy atom. The highest BCUT2D eigenvalue weighted by molar-refractivity contribution is 5.66. The third-order valence-electron chi connectivity index (χ3n) is 3.97. The molecule has 0 saturated carbocycles. The summed E-state index contributed by atoms with van der Waals surface area (Å²) in [6.07, 6.45) is 1.99. The summed E-state index contributed by atoms with van der Waals surface area (Å²) >= 11 is 0. The number of ether oxygens (including phenoxy) is 1. The molecule has 3 rings (SSSR count). The van der Waals surface area contributed by atoms with Gasteiger partial charge < -0.3 is 9.84 Å². The second-order valence-corrected chi connectivity index (χ2v) is 5.34. The van der Waals surface area contributed by atoms with E-state index in [2.05, 4.69) is 10.3 Å². The lowest BCUT2D eigenvalue weighted by Gasteiger charge is -2.18. The maximum absolute atomic E-state index is 11.3. The summed E-state index contributed by atoms with van der Waals surface area (Å²) in [4.78, 5) is 23.0. The van der Waals surface area contributed by atoms with Gasteiger partial charge in [-0.05, 0) is 18.9 Å². The van der Waals surface area contributed by atoms with Crippen LogP contribution in [-0.4, -0.2) is 49.7 Å². The first kappa shape index (κ1) is 15.7. The molecule has 1 N–H and O–H groups in total. The first-order valence-electron chi connectivity index (χ1n) is 7.26. The van der Waals surface area contributed by atoms with Crippen molar-refractivity contribution >= 4 is 11.8 Å². The van der Waals surface area contributed by atoms with E-state index in [1.807, 2.05) is 0 Å². The zero-order chi connectivity index (χ0) is 17.3. The first-order chi connectivity index (χ1) is 11.5. The summed E-state index contributed by atoms with van der Waals surface area (Å²) in [5.74, 6) is 0.401. The van der Waals surface area contributed by atoms with E-state index < -0.39 is 11.0 Å². The van der Waals surface area contributed by atoms with Crippen molar-refractivity contribution in [3.63, 3.8) is 0 Å². The molecule has 1 aliphatic heterocycles. The summed E-state index contributed by atoms with van der Waals surface area (Å²) in [6.45, 7) is 0.451. The minimum absolute atomic E-state index is 0.101. The number of likely N-dealkylation sites (tertiary alicyclic amines) is 1. The lowest BCUT2D eigenvalue weighted by molar-refractivity contribution is -0.384.